The summed E-state index contributed by atoms with van der Waals surface area (Å²) in [4.78, 5) is 11.1. The molecule has 0 aromatic rings. The van der Waals surface area contributed by atoms with Crippen molar-refractivity contribution in [1.82, 2.24) is 0 Å². The number of carbonyl (C=O) groups excluding carboxylic acids is 1. The van der Waals surface area contributed by atoms with Crippen molar-refractivity contribution in [3.05, 3.63) is 29.4 Å². The summed E-state index contributed by atoms with van der Waals surface area (Å²) in [6.45, 7) is 0.411. The Morgan fingerprint density at radius 3 is 3.25 bits per heavy atom. The van der Waals surface area contributed by atoms with Crippen LogP contribution in [0, 0.1) is 5.92 Å². The van der Waals surface area contributed by atoms with Crippen LogP contribution in [-0.2, 0) is 9.53 Å². The predicted molar refractivity (Wildman–Crippen MR) is 47.8 cm³/mol. The fourth-order valence-electron chi connectivity index (χ4n) is 1.39. The van der Waals surface area contributed by atoms with Crippen LogP contribution in [0.2, 0.25) is 0 Å². The van der Waals surface area contributed by atoms with Gasteiger partial charge in [-0.25, -0.2) is 4.79 Å². The van der Waals surface area contributed by atoms with Gasteiger partial charge in [-0.2, -0.15) is 0 Å². The summed E-state index contributed by atoms with van der Waals surface area (Å²) in [5, 5.41) is 2.64. The fraction of sp³-hybridized carbons (Fsp3) is 0.222. The number of rotatable bonds is 0. The molecule has 1 atom stereocenters. The van der Waals surface area contributed by atoms with Crippen molar-refractivity contribution in [2.24, 2.45) is 5.92 Å². The molecule has 1 aliphatic heterocycles. The third-order valence-electron chi connectivity index (χ3n) is 2.04. The van der Waals surface area contributed by atoms with Gasteiger partial charge in [0.05, 0.1) is 5.92 Å². The number of esters is 1. The van der Waals surface area contributed by atoms with Crippen LogP contribution >= 0.6 is 12.2 Å². The average Bonchev–Trinajstić information content (AvgIpc) is 2.48. The first-order valence-electron chi connectivity index (χ1n) is 3.63. The van der Waals surface area contributed by atoms with E-state index in [2.05, 4.69) is 5.02 Å². The Morgan fingerprint density at radius 1 is 1.67 bits per heavy atom. The van der Waals surface area contributed by atoms with Crippen molar-refractivity contribution in [3.8, 4) is 0 Å². The number of fused-ring (bicyclic) bond motifs is 1. The number of thiocarbonyl (C=S) groups is 1. The summed E-state index contributed by atoms with van der Waals surface area (Å²) >= 11 is 4.70. The summed E-state index contributed by atoms with van der Waals surface area (Å²) in [5.74, 6) is -0.202. The highest BCUT2D eigenvalue weighted by molar-refractivity contribution is 7.78. The molecule has 0 N–H and O–H groups in total. The van der Waals surface area contributed by atoms with Gasteiger partial charge < -0.3 is 4.74 Å². The first-order chi connectivity index (χ1) is 5.83. The van der Waals surface area contributed by atoms with E-state index in [0.717, 1.165) is 5.57 Å². The highest BCUT2D eigenvalue weighted by Crippen LogP contribution is 2.30. The van der Waals surface area contributed by atoms with Gasteiger partial charge in [0.2, 0.25) is 0 Å². The van der Waals surface area contributed by atoms with Gasteiger partial charge in [-0.3, -0.25) is 0 Å². The normalized spacial score (nSPS) is 26.0. The first-order valence-corrected chi connectivity index (χ1v) is 4.04. The molecule has 0 aromatic heterocycles. The Hall–Kier alpha value is -1.18. The SMILES string of the molecule is O=C1OCC2C(=C=S)C=CC=C12. The summed E-state index contributed by atoms with van der Waals surface area (Å²) in [5.41, 5.74) is 1.57. The minimum absolute atomic E-state index is 0.0278. The number of allylic oxidation sites excluding steroid dienone is 3. The van der Waals surface area contributed by atoms with Crippen LogP contribution < -0.4 is 0 Å². The number of hydrogen-bond donors (Lipinski definition) is 0. The van der Waals surface area contributed by atoms with E-state index in [1.165, 1.54) is 0 Å². The largest absolute Gasteiger partial charge is 0.461 e. The molecule has 0 amide bonds. The molecule has 0 saturated carbocycles. The molecule has 2 nitrogen and oxygen atoms in total. The molecular weight excluding hydrogens is 172 g/mol. The lowest BCUT2D eigenvalue weighted by Gasteiger charge is -2.09. The lowest BCUT2D eigenvalue weighted by molar-refractivity contribution is -0.135. The van der Waals surface area contributed by atoms with Gasteiger partial charge in [0.15, 0.2) is 0 Å². The van der Waals surface area contributed by atoms with E-state index < -0.39 is 0 Å². The van der Waals surface area contributed by atoms with E-state index in [-0.39, 0.29) is 11.9 Å². The van der Waals surface area contributed by atoms with E-state index >= 15 is 0 Å². The Labute approximate surface area is 75.2 Å². The van der Waals surface area contributed by atoms with Gasteiger partial charge in [-0.05, 0) is 23.3 Å². The van der Waals surface area contributed by atoms with Gasteiger partial charge in [-0.15, -0.1) is 0 Å². The van der Waals surface area contributed by atoms with E-state index in [0.29, 0.717) is 12.2 Å². The van der Waals surface area contributed by atoms with Gasteiger partial charge in [0.1, 0.15) is 6.61 Å². The topological polar surface area (TPSA) is 26.3 Å². The van der Waals surface area contributed by atoms with Crippen molar-refractivity contribution in [2.45, 2.75) is 0 Å². The second-order valence-electron chi connectivity index (χ2n) is 2.69. The standard InChI is InChI=1S/C9H6O2S/c10-9-7-3-1-2-6(5-12)8(7)4-11-9/h1-3,8H,4H2. The second kappa shape index (κ2) is 2.70. The molecule has 1 fully saturated rings. The van der Waals surface area contributed by atoms with Crippen LogP contribution in [0.15, 0.2) is 29.4 Å². The van der Waals surface area contributed by atoms with Gasteiger partial charge in [0, 0.05) is 11.1 Å². The molecule has 1 saturated heterocycles. The molecule has 1 unspecified atom stereocenters. The molecule has 0 spiro atoms. The van der Waals surface area contributed by atoms with E-state index in [1.54, 1.807) is 12.2 Å². The van der Waals surface area contributed by atoms with Crippen LogP contribution in [-0.4, -0.2) is 17.6 Å². The third-order valence-corrected chi connectivity index (χ3v) is 2.27. The molecule has 0 bridgehead atoms. The van der Waals surface area contributed by atoms with Gasteiger partial charge >= 0.3 is 5.97 Å². The summed E-state index contributed by atoms with van der Waals surface area (Å²) in [6.07, 6.45) is 5.44. The van der Waals surface area contributed by atoms with Crippen LogP contribution in [0.1, 0.15) is 0 Å². The number of cyclic esters (lactones) is 1. The Bertz CT molecular complexity index is 346. The van der Waals surface area contributed by atoms with Crippen molar-refractivity contribution in [1.29, 1.82) is 0 Å². The zero-order valence-corrected chi connectivity index (χ0v) is 7.06. The summed E-state index contributed by atoms with van der Waals surface area (Å²) in [7, 11) is 0. The maximum absolute atomic E-state index is 11.1. The number of hydrogen-bond acceptors (Lipinski definition) is 3. The molecule has 2 aliphatic rings. The highest BCUT2D eigenvalue weighted by Gasteiger charge is 2.33. The smallest absolute Gasteiger partial charge is 0.334 e. The van der Waals surface area contributed by atoms with Crippen molar-refractivity contribution in [3.63, 3.8) is 0 Å². The van der Waals surface area contributed by atoms with Gasteiger partial charge in [-0.1, -0.05) is 12.2 Å². The zero-order chi connectivity index (χ0) is 8.55. The van der Waals surface area contributed by atoms with E-state index in [4.69, 9.17) is 17.0 Å². The number of carbonyl (C=O) groups is 1. The predicted octanol–water partition coefficient (Wildman–Crippen LogP) is 1.18. The molecule has 2 rings (SSSR count). The minimum Gasteiger partial charge on any atom is -0.461 e. The Morgan fingerprint density at radius 2 is 2.50 bits per heavy atom. The molecule has 12 heavy (non-hydrogen) atoms. The Balaban J connectivity index is 2.46. The zero-order valence-electron chi connectivity index (χ0n) is 6.24. The third kappa shape index (κ3) is 0.951. The summed E-state index contributed by atoms with van der Waals surface area (Å²) < 4.78 is 4.88. The highest BCUT2D eigenvalue weighted by atomic mass is 32.1. The molecular formula is C9H6O2S. The molecule has 3 heteroatoms. The van der Waals surface area contributed by atoms with Crippen LogP contribution in [0.3, 0.4) is 0 Å². The van der Waals surface area contributed by atoms with Crippen LogP contribution in [0.4, 0.5) is 0 Å². The summed E-state index contributed by atoms with van der Waals surface area (Å²) in [6, 6.07) is 0. The minimum atomic E-state index is -0.230. The maximum atomic E-state index is 11.1. The Kier molecular flexibility index (Phi) is 1.68. The quantitative estimate of drug-likeness (QED) is 0.411. The first kappa shape index (κ1) is 7.47. The molecule has 1 heterocycles. The van der Waals surface area contributed by atoms with E-state index in [1.807, 2.05) is 6.08 Å². The monoisotopic (exact) mass is 178 g/mol. The maximum Gasteiger partial charge on any atom is 0.334 e. The number of ether oxygens (including phenoxy) is 1. The van der Waals surface area contributed by atoms with Gasteiger partial charge in [0.25, 0.3) is 0 Å². The van der Waals surface area contributed by atoms with Crippen molar-refractivity contribution in [2.75, 3.05) is 6.61 Å². The molecule has 60 valence electrons. The average molecular weight is 178 g/mol. The van der Waals surface area contributed by atoms with E-state index in [9.17, 15) is 4.79 Å². The molecule has 0 aromatic carbocycles. The van der Waals surface area contributed by atoms with Crippen LogP contribution in [0.5, 0.6) is 0 Å². The van der Waals surface area contributed by atoms with Crippen molar-refractivity contribution < 1.29 is 9.53 Å². The molecule has 1 aliphatic carbocycles. The van der Waals surface area contributed by atoms with Crippen molar-refractivity contribution >= 4 is 23.2 Å². The van der Waals surface area contributed by atoms with Crippen LogP contribution in [0.25, 0.3) is 0 Å². The fourth-order valence-corrected chi connectivity index (χ4v) is 1.60. The second-order valence-corrected chi connectivity index (χ2v) is 2.89. The molecule has 0 radical (unpaired) electrons. The lowest BCUT2D eigenvalue weighted by Crippen LogP contribution is -2.08. The lowest BCUT2D eigenvalue weighted by atomic mass is 9.90.